The van der Waals surface area contributed by atoms with Crippen LogP contribution in [0.3, 0.4) is 0 Å². The van der Waals surface area contributed by atoms with Gasteiger partial charge in [0.15, 0.2) is 0 Å². The molecule has 2 saturated heterocycles. The van der Waals surface area contributed by atoms with E-state index in [1.54, 1.807) is 6.07 Å². The third kappa shape index (κ3) is 3.68. The zero-order chi connectivity index (χ0) is 20.7. The fraction of sp³-hybridized carbons (Fsp3) is 0.409. The number of aromatic amines is 1. The van der Waals surface area contributed by atoms with Crippen molar-refractivity contribution in [1.82, 2.24) is 25.6 Å². The number of hydrogen-bond acceptors (Lipinski definition) is 4. The van der Waals surface area contributed by atoms with Gasteiger partial charge in [-0.15, -0.1) is 0 Å². The Morgan fingerprint density at radius 1 is 1.03 bits per heavy atom. The van der Waals surface area contributed by atoms with Gasteiger partial charge >= 0.3 is 0 Å². The monoisotopic (exact) mass is 443 g/mol. The molecule has 2 aromatic carbocycles. The first-order chi connectivity index (χ1) is 14.5. The average Bonchev–Trinajstić information content (AvgIpc) is 3.34. The van der Waals surface area contributed by atoms with Gasteiger partial charge in [-0.2, -0.15) is 15.4 Å². The Morgan fingerprint density at radius 3 is 2.53 bits per heavy atom. The lowest BCUT2D eigenvalue weighted by Gasteiger charge is -2.43. The smallest absolute Gasteiger partial charge is 0.253 e. The van der Waals surface area contributed by atoms with E-state index in [0.717, 1.165) is 61.9 Å². The van der Waals surface area contributed by atoms with Crippen molar-refractivity contribution >= 4 is 40.1 Å². The summed E-state index contributed by atoms with van der Waals surface area (Å²) >= 11 is 12.4. The summed E-state index contributed by atoms with van der Waals surface area (Å²) in [5, 5.41) is 15.8. The summed E-state index contributed by atoms with van der Waals surface area (Å²) in [4.78, 5) is 15.0. The minimum atomic E-state index is 0.0684. The number of rotatable bonds is 3. The molecule has 8 heteroatoms. The molecule has 2 N–H and O–H groups in total. The van der Waals surface area contributed by atoms with Crippen LogP contribution in [0.5, 0.6) is 0 Å². The first-order valence-corrected chi connectivity index (χ1v) is 11.1. The number of piperidine rings is 1. The summed E-state index contributed by atoms with van der Waals surface area (Å²) in [5.41, 5.74) is 3.52. The van der Waals surface area contributed by atoms with E-state index in [0.29, 0.717) is 21.7 Å². The molecule has 0 saturated carbocycles. The third-order valence-electron chi connectivity index (χ3n) is 6.72. The Morgan fingerprint density at radius 2 is 1.77 bits per heavy atom. The first kappa shape index (κ1) is 19.8. The summed E-state index contributed by atoms with van der Waals surface area (Å²) in [7, 11) is 0. The van der Waals surface area contributed by atoms with Gasteiger partial charge in [0.1, 0.15) is 11.0 Å². The molecule has 1 spiro atoms. The first-order valence-electron chi connectivity index (χ1n) is 10.3. The minimum Gasteiger partial charge on any atom is -0.339 e. The van der Waals surface area contributed by atoms with Gasteiger partial charge in [0.2, 0.25) is 0 Å². The maximum atomic E-state index is 13.0. The van der Waals surface area contributed by atoms with Gasteiger partial charge in [0.05, 0.1) is 0 Å². The highest BCUT2D eigenvalue weighted by molar-refractivity contribution is 6.34. The van der Waals surface area contributed by atoms with Crippen molar-refractivity contribution in [2.24, 2.45) is 5.41 Å². The number of H-pyrrole nitrogens is 1. The van der Waals surface area contributed by atoms with Gasteiger partial charge in [-0.05, 0) is 79.6 Å². The van der Waals surface area contributed by atoms with E-state index in [2.05, 4.69) is 20.7 Å². The number of nitrogens with one attached hydrogen (secondary N) is 2. The number of benzene rings is 2. The highest BCUT2D eigenvalue weighted by Crippen LogP contribution is 2.43. The zero-order valence-corrected chi connectivity index (χ0v) is 18.0. The van der Waals surface area contributed by atoms with Crippen molar-refractivity contribution in [1.29, 1.82) is 0 Å². The second-order valence-corrected chi connectivity index (χ2v) is 9.29. The molecule has 3 heterocycles. The Labute approximate surface area is 184 Å². The van der Waals surface area contributed by atoms with Crippen LogP contribution < -0.4 is 5.32 Å². The average molecular weight is 444 g/mol. The molecule has 30 heavy (non-hydrogen) atoms. The van der Waals surface area contributed by atoms with E-state index in [4.69, 9.17) is 23.2 Å². The molecule has 3 aromatic rings. The van der Waals surface area contributed by atoms with Crippen molar-refractivity contribution in [3.63, 3.8) is 0 Å². The molecule has 2 fully saturated rings. The molecule has 1 amide bonds. The molecule has 156 valence electrons. The fourth-order valence-electron chi connectivity index (χ4n) is 5.05. The van der Waals surface area contributed by atoms with Crippen molar-refractivity contribution in [2.75, 3.05) is 19.6 Å². The van der Waals surface area contributed by atoms with Crippen LogP contribution in [-0.2, 0) is 6.42 Å². The SMILES string of the molecule is O=C(c1ccc2n[nH]nc2c1)N1CCC2(CCNC2Cc2cc(Cl)cc(Cl)c2)CC1. The van der Waals surface area contributed by atoms with Crippen molar-refractivity contribution < 1.29 is 4.79 Å². The molecular weight excluding hydrogens is 421 g/mol. The Kier molecular flexibility index (Phi) is 5.17. The molecule has 2 aliphatic rings. The molecule has 1 atom stereocenters. The number of carbonyl (C=O) groups excluding carboxylic acids is 1. The van der Waals surface area contributed by atoms with Crippen LogP contribution in [0.15, 0.2) is 36.4 Å². The Balaban J connectivity index is 1.28. The van der Waals surface area contributed by atoms with E-state index in [1.807, 2.05) is 35.2 Å². The van der Waals surface area contributed by atoms with E-state index in [1.165, 1.54) is 0 Å². The summed E-state index contributed by atoms with van der Waals surface area (Å²) in [6, 6.07) is 11.6. The van der Waals surface area contributed by atoms with Crippen LogP contribution in [0, 0.1) is 5.41 Å². The lowest BCUT2D eigenvalue weighted by molar-refractivity contribution is 0.0546. The molecule has 5 rings (SSSR count). The molecule has 0 radical (unpaired) electrons. The van der Waals surface area contributed by atoms with Crippen LogP contribution >= 0.6 is 23.2 Å². The van der Waals surface area contributed by atoms with Crippen LogP contribution in [-0.4, -0.2) is 51.9 Å². The second-order valence-electron chi connectivity index (χ2n) is 8.42. The summed E-state index contributed by atoms with van der Waals surface area (Å²) in [6.07, 6.45) is 4.03. The number of amides is 1. The number of hydrogen-bond donors (Lipinski definition) is 2. The van der Waals surface area contributed by atoms with Gasteiger partial charge in [0, 0.05) is 34.7 Å². The zero-order valence-electron chi connectivity index (χ0n) is 16.5. The molecule has 1 unspecified atom stereocenters. The Hall–Kier alpha value is -2.15. The van der Waals surface area contributed by atoms with Crippen molar-refractivity contribution in [2.45, 2.75) is 31.7 Å². The molecule has 1 aromatic heterocycles. The highest BCUT2D eigenvalue weighted by atomic mass is 35.5. The number of likely N-dealkylation sites (tertiary alicyclic amines) is 1. The number of carbonyl (C=O) groups is 1. The molecule has 6 nitrogen and oxygen atoms in total. The topological polar surface area (TPSA) is 73.9 Å². The molecule has 0 bridgehead atoms. The maximum absolute atomic E-state index is 13.0. The van der Waals surface area contributed by atoms with E-state index in [-0.39, 0.29) is 11.3 Å². The van der Waals surface area contributed by atoms with Crippen LogP contribution in [0.25, 0.3) is 11.0 Å². The standard InChI is InChI=1S/C22H23Cl2N5O/c23-16-9-14(10-17(24)13-16)11-20-22(3-6-25-20)4-7-29(8-5-22)21(30)15-1-2-18-19(12-15)27-28-26-18/h1-2,9-10,12-13,20,25H,3-8,11H2,(H,26,27,28). The largest absolute Gasteiger partial charge is 0.339 e. The number of halogens is 2. The van der Waals surface area contributed by atoms with Crippen LogP contribution in [0.4, 0.5) is 0 Å². The van der Waals surface area contributed by atoms with Crippen LogP contribution in [0.2, 0.25) is 10.0 Å². The van der Waals surface area contributed by atoms with E-state index in [9.17, 15) is 4.79 Å². The van der Waals surface area contributed by atoms with Crippen molar-refractivity contribution in [3.8, 4) is 0 Å². The van der Waals surface area contributed by atoms with E-state index < -0.39 is 0 Å². The maximum Gasteiger partial charge on any atom is 0.253 e. The molecule has 0 aliphatic carbocycles. The number of nitrogens with zero attached hydrogens (tertiary/aromatic N) is 3. The van der Waals surface area contributed by atoms with Gasteiger partial charge in [0.25, 0.3) is 5.91 Å². The quantitative estimate of drug-likeness (QED) is 0.638. The molecular formula is C22H23Cl2N5O. The summed E-state index contributed by atoms with van der Waals surface area (Å²) < 4.78 is 0. The summed E-state index contributed by atoms with van der Waals surface area (Å²) in [6.45, 7) is 2.55. The number of fused-ring (bicyclic) bond motifs is 1. The van der Waals surface area contributed by atoms with Gasteiger partial charge in [-0.1, -0.05) is 23.2 Å². The molecule has 2 aliphatic heterocycles. The predicted molar refractivity (Wildman–Crippen MR) is 118 cm³/mol. The van der Waals surface area contributed by atoms with Crippen LogP contribution in [0.1, 0.15) is 35.2 Å². The third-order valence-corrected chi connectivity index (χ3v) is 7.16. The lowest BCUT2D eigenvalue weighted by Crippen LogP contribution is -2.48. The fourth-order valence-corrected chi connectivity index (χ4v) is 5.62. The highest BCUT2D eigenvalue weighted by Gasteiger charge is 2.45. The van der Waals surface area contributed by atoms with Gasteiger partial charge in [-0.3, -0.25) is 4.79 Å². The van der Waals surface area contributed by atoms with Gasteiger partial charge < -0.3 is 10.2 Å². The predicted octanol–water partition coefficient (Wildman–Crippen LogP) is 4.09. The summed E-state index contributed by atoms with van der Waals surface area (Å²) in [5.74, 6) is 0.0684. The lowest BCUT2D eigenvalue weighted by atomic mass is 9.71. The van der Waals surface area contributed by atoms with E-state index >= 15 is 0 Å². The van der Waals surface area contributed by atoms with Crippen molar-refractivity contribution in [3.05, 3.63) is 57.6 Å². The number of aromatic nitrogens is 3. The minimum absolute atomic E-state index is 0.0684. The second kappa shape index (κ2) is 7.84. The normalized spacial score (nSPS) is 20.9. The Bertz CT molecular complexity index is 1070. The van der Waals surface area contributed by atoms with Gasteiger partial charge in [-0.25, -0.2) is 0 Å².